The molecule has 1 unspecified atom stereocenters. The number of aromatic nitrogens is 1. The fraction of sp³-hybridized carbons (Fsp3) is 0.500. The summed E-state index contributed by atoms with van der Waals surface area (Å²) in [5.74, 6) is -4.58. The van der Waals surface area contributed by atoms with Crippen LogP contribution in [0.3, 0.4) is 0 Å². The number of benzene rings is 1. The number of amides is 7. The van der Waals surface area contributed by atoms with Crippen LogP contribution in [0.1, 0.15) is 67.5 Å². The van der Waals surface area contributed by atoms with Crippen LogP contribution in [0.5, 0.6) is 0 Å². The van der Waals surface area contributed by atoms with Crippen LogP contribution < -0.4 is 26.6 Å². The Kier molecular flexibility index (Phi) is 12.2. The largest absolute Gasteiger partial charge is 0.476 e. The fourth-order valence-corrected chi connectivity index (χ4v) is 6.43. The van der Waals surface area contributed by atoms with E-state index in [0.29, 0.717) is 17.8 Å². The average molecular weight is 684 g/mol. The molecule has 5 atom stereocenters. The van der Waals surface area contributed by atoms with E-state index in [2.05, 4.69) is 31.6 Å². The zero-order valence-electron chi connectivity index (χ0n) is 27.0. The van der Waals surface area contributed by atoms with E-state index in [9.17, 15) is 38.7 Å². The summed E-state index contributed by atoms with van der Waals surface area (Å²) in [5.41, 5.74) is 0.558. The van der Waals surface area contributed by atoms with E-state index >= 15 is 0 Å². The lowest BCUT2D eigenvalue weighted by atomic mass is 10.00. The zero-order valence-corrected chi connectivity index (χ0v) is 27.8. The minimum Gasteiger partial charge on any atom is -0.476 e. The molecule has 4 rings (SSSR count). The van der Waals surface area contributed by atoms with Gasteiger partial charge in [0.2, 0.25) is 29.5 Å². The second-order valence-corrected chi connectivity index (χ2v) is 13.3. The van der Waals surface area contributed by atoms with E-state index in [1.165, 1.54) is 17.2 Å². The first-order valence-corrected chi connectivity index (χ1v) is 16.7. The van der Waals surface area contributed by atoms with E-state index in [1.54, 1.807) is 30.3 Å². The van der Waals surface area contributed by atoms with Gasteiger partial charge in [0.15, 0.2) is 5.69 Å². The Morgan fingerprint density at radius 3 is 2.31 bits per heavy atom. The molecule has 3 heterocycles. The van der Waals surface area contributed by atoms with Crippen LogP contribution in [-0.2, 0) is 36.8 Å². The Labute approximate surface area is 281 Å². The fourth-order valence-electron chi connectivity index (χ4n) is 5.64. The molecule has 6 N–H and O–H groups in total. The maximum atomic E-state index is 13.9. The van der Waals surface area contributed by atoms with Crippen LogP contribution >= 0.6 is 11.3 Å². The Bertz CT molecular complexity index is 1530. The van der Waals surface area contributed by atoms with Crippen LogP contribution in [-0.4, -0.2) is 93.3 Å². The molecule has 15 nitrogen and oxygen atoms in total. The number of imide groups is 1. The molecule has 48 heavy (non-hydrogen) atoms. The number of nitrogens with zero attached hydrogens (tertiary/aromatic N) is 2. The molecule has 2 aliphatic rings. The molecule has 0 aliphatic carbocycles. The summed E-state index contributed by atoms with van der Waals surface area (Å²) in [6.45, 7) is 5.47. The number of thiazole rings is 1. The number of aromatic carboxylic acids is 1. The van der Waals surface area contributed by atoms with Gasteiger partial charge in [-0.15, -0.1) is 11.3 Å². The van der Waals surface area contributed by atoms with E-state index in [1.807, 2.05) is 13.8 Å². The molecular weight excluding hydrogens is 642 g/mol. The molecule has 0 bridgehead atoms. The third-order valence-electron chi connectivity index (χ3n) is 8.10. The van der Waals surface area contributed by atoms with E-state index in [0.717, 1.165) is 16.9 Å². The van der Waals surface area contributed by atoms with Crippen molar-refractivity contribution in [2.45, 2.75) is 89.5 Å². The molecule has 2 aromatic rings. The molecule has 2 fully saturated rings. The molecule has 258 valence electrons. The molecular formula is C32H41N7O8S. The highest BCUT2D eigenvalue weighted by atomic mass is 32.1. The summed E-state index contributed by atoms with van der Waals surface area (Å²) < 4.78 is 0. The predicted molar refractivity (Wildman–Crippen MR) is 174 cm³/mol. The van der Waals surface area contributed by atoms with Crippen LogP contribution in [0.2, 0.25) is 0 Å². The maximum absolute atomic E-state index is 13.9. The molecule has 1 aromatic carbocycles. The Morgan fingerprint density at radius 1 is 0.938 bits per heavy atom. The third kappa shape index (κ3) is 9.59. The van der Waals surface area contributed by atoms with Gasteiger partial charge < -0.3 is 31.3 Å². The van der Waals surface area contributed by atoms with Crippen molar-refractivity contribution in [3.8, 4) is 0 Å². The number of hydrogen-bond acceptors (Lipinski definition) is 9. The Balaban J connectivity index is 1.66. The molecule has 0 saturated carbocycles. The molecule has 7 amide bonds. The van der Waals surface area contributed by atoms with Gasteiger partial charge in [-0.05, 0) is 44.1 Å². The maximum Gasteiger partial charge on any atom is 0.355 e. The van der Waals surface area contributed by atoms with Crippen LogP contribution in [0.4, 0.5) is 4.79 Å². The summed E-state index contributed by atoms with van der Waals surface area (Å²) in [6.07, 6.45) is 1.24. The zero-order chi connectivity index (χ0) is 35.0. The molecule has 0 spiro atoms. The molecule has 16 heteroatoms. The number of carbonyl (C=O) groups is 7. The SMILES string of the molecule is CC(C)C[C@@H]1NC(=O)[C@H](Cc2ccccc2)NC(=O)NC(CCc2nc(C(=O)O)cs2)C(=O)NC(=O)[C@H](C)NC(=O)[C@@H]2CCCN2C1=O. The van der Waals surface area contributed by atoms with Crippen molar-refractivity contribution in [2.24, 2.45) is 5.92 Å². The van der Waals surface area contributed by atoms with Gasteiger partial charge in [-0.2, -0.15) is 0 Å². The van der Waals surface area contributed by atoms with Crippen molar-refractivity contribution in [3.63, 3.8) is 0 Å². The van der Waals surface area contributed by atoms with E-state index < -0.39 is 71.7 Å². The Morgan fingerprint density at radius 2 is 1.65 bits per heavy atom. The van der Waals surface area contributed by atoms with Gasteiger partial charge in [0, 0.05) is 24.8 Å². The van der Waals surface area contributed by atoms with Gasteiger partial charge in [0.25, 0.3) is 0 Å². The first-order valence-electron chi connectivity index (χ1n) is 15.9. The normalized spacial score (nSPS) is 24.6. The van der Waals surface area contributed by atoms with Gasteiger partial charge in [0.1, 0.15) is 30.2 Å². The number of urea groups is 1. The highest BCUT2D eigenvalue weighted by Gasteiger charge is 2.40. The summed E-state index contributed by atoms with van der Waals surface area (Å²) in [5, 5.41) is 23.7. The first-order chi connectivity index (χ1) is 22.8. The lowest BCUT2D eigenvalue weighted by Gasteiger charge is -2.31. The van der Waals surface area contributed by atoms with Crippen LogP contribution in [0.15, 0.2) is 35.7 Å². The Hall–Kier alpha value is -4.86. The topological polar surface area (TPSA) is 216 Å². The molecule has 2 saturated heterocycles. The minimum absolute atomic E-state index is 0.00743. The molecule has 1 aromatic heterocycles. The lowest BCUT2D eigenvalue weighted by molar-refractivity contribution is -0.142. The summed E-state index contributed by atoms with van der Waals surface area (Å²) in [4.78, 5) is 97.5. The average Bonchev–Trinajstić information content (AvgIpc) is 3.72. The number of nitrogens with one attached hydrogen (secondary N) is 5. The first kappa shape index (κ1) is 36.0. The van der Waals surface area contributed by atoms with Crippen molar-refractivity contribution in [2.75, 3.05) is 6.54 Å². The quantitative estimate of drug-likeness (QED) is 0.216. The van der Waals surface area contributed by atoms with Gasteiger partial charge >= 0.3 is 12.0 Å². The molecule has 2 aliphatic heterocycles. The smallest absolute Gasteiger partial charge is 0.355 e. The van der Waals surface area contributed by atoms with Crippen molar-refractivity contribution in [1.29, 1.82) is 0 Å². The number of hydrogen-bond donors (Lipinski definition) is 6. The number of rotatable bonds is 8. The van der Waals surface area contributed by atoms with Gasteiger partial charge in [-0.25, -0.2) is 14.6 Å². The standard InChI is InChI=1S/C32H41N7O8S/c1-17(2)14-22-30(44)39-13-7-10-24(39)29(43)33-18(3)26(40)38-27(41)20(11-12-25-34-23(16-48-25)31(45)46)36-32(47)37-21(28(42)35-22)15-19-8-5-4-6-9-19/h4-6,8-9,16-18,20-22,24H,7,10-15H2,1-3H3,(H,33,43)(H,35,42)(H,45,46)(H2,36,37,47)(H,38,40,41)/t18-,20?,21-,22-,24-/m0/s1. The second kappa shape index (κ2) is 16.3. The predicted octanol–water partition coefficient (Wildman–Crippen LogP) is 0.736. The number of carbonyl (C=O) groups excluding carboxylic acids is 6. The molecule has 0 radical (unpaired) electrons. The highest BCUT2D eigenvalue weighted by Crippen LogP contribution is 2.21. The van der Waals surface area contributed by atoms with E-state index in [-0.39, 0.29) is 43.8 Å². The van der Waals surface area contributed by atoms with Crippen molar-refractivity contribution >= 4 is 52.9 Å². The lowest BCUT2D eigenvalue weighted by Crippen LogP contribution is -2.59. The monoisotopic (exact) mass is 683 g/mol. The summed E-state index contributed by atoms with van der Waals surface area (Å²) in [6, 6.07) is 2.51. The van der Waals surface area contributed by atoms with Crippen LogP contribution in [0, 0.1) is 5.92 Å². The number of fused-ring (bicyclic) bond motifs is 1. The van der Waals surface area contributed by atoms with Crippen molar-refractivity contribution < 1.29 is 38.7 Å². The van der Waals surface area contributed by atoms with Gasteiger partial charge in [-0.3, -0.25) is 29.3 Å². The number of carboxylic acids is 1. The van der Waals surface area contributed by atoms with E-state index in [4.69, 9.17) is 0 Å². The van der Waals surface area contributed by atoms with Crippen molar-refractivity contribution in [3.05, 3.63) is 52.0 Å². The summed E-state index contributed by atoms with van der Waals surface area (Å²) >= 11 is 1.07. The second-order valence-electron chi connectivity index (χ2n) is 12.3. The van der Waals surface area contributed by atoms with Gasteiger partial charge in [-0.1, -0.05) is 44.2 Å². The summed E-state index contributed by atoms with van der Waals surface area (Å²) in [7, 11) is 0. The van der Waals surface area contributed by atoms with Crippen molar-refractivity contribution in [1.82, 2.24) is 36.5 Å². The minimum atomic E-state index is -1.31. The highest BCUT2D eigenvalue weighted by molar-refractivity contribution is 7.09. The number of carboxylic acid groups (broad SMARTS) is 1. The number of aryl methyl sites for hydroxylation is 1. The third-order valence-corrected chi connectivity index (χ3v) is 9.01. The van der Waals surface area contributed by atoms with Crippen LogP contribution in [0.25, 0.3) is 0 Å². The van der Waals surface area contributed by atoms with Gasteiger partial charge in [0.05, 0.1) is 5.01 Å².